The average molecular weight is 274 g/mol. The van der Waals surface area contributed by atoms with Gasteiger partial charge in [0.1, 0.15) is 5.75 Å². The summed E-state index contributed by atoms with van der Waals surface area (Å²) in [4.78, 5) is 14.5. The molecule has 0 spiro atoms. The summed E-state index contributed by atoms with van der Waals surface area (Å²) in [6, 6.07) is 5.77. The Morgan fingerprint density at radius 3 is 2.00 bits per heavy atom. The third kappa shape index (κ3) is 2.56. The fourth-order valence-corrected chi connectivity index (χ4v) is 3.23. The molecule has 0 unspecified atom stereocenters. The van der Waals surface area contributed by atoms with Crippen LogP contribution in [0.1, 0.15) is 36.8 Å². The number of methoxy groups -OCH3 is 1. The standard InChI is InChI=1S/C16H18O2S/c1-9-8-14(19-12(9)4)15(17)13-6-10(2)16(18-5)11(3)7-13/h6-8H,1-5H3. The molecule has 0 saturated heterocycles. The lowest BCUT2D eigenvalue weighted by Crippen LogP contribution is -2.01. The molecule has 0 aliphatic heterocycles. The van der Waals surface area contributed by atoms with Crippen LogP contribution in [0.2, 0.25) is 0 Å². The van der Waals surface area contributed by atoms with Crippen LogP contribution in [-0.2, 0) is 0 Å². The highest BCUT2D eigenvalue weighted by molar-refractivity contribution is 7.14. The Morgan fingerprint density at radius 1 is 1.00 bits per heavy atom. The van der Waals surface area contributed by atoms with Crippen LogP contribution in [0.15, 0.2) is 18.2 Å². The summed E-state index contributed by atoms with van der Waals surface area (Å²) in [5.74, 6) is 0.949. The highest BCUT2D eigenvalue weighted by Crippen LogP contribution is 2.28. The topological polar surface area (TPSA) is 26.3 Å². The normalized spacial score (nSPS) is 10.6. The Labute approximate surface area is 118 Å². The molecule has 0 bridgehead atoms. The van der Waals surface area contributed by atoms with E-state index >= 15 is 0 Å². The van der Waals surface area contributed by atoms with Crippen molar-refractivity contribution < 1.29 is 9.53 Å². The maximum absolute atomic E-state index is 12.5. The Hall–Kier alpha value is -1.61. The van der Waals surface area contributed by atoms with E-state index in [1.54, 1.807) is 18.4 Å². The number of ketones is 1. The number of carbonyl (C=O) groups is 1. The first-order valence-corrected chi connectivity index (χ1v) is 7.02. The number of carbonyl (C=O) groups excluding carboxylic acids is 1. The molecule has 0 aliphatic carbocycles. The zero-order valence-corrected chi connectivity index (χ0v) is 12.8. The third-order valence-electron chi connectivity index (χ3n) is 3.32. The number of aryl methyl sites for hydroxylation is 4. The first-order valence-electron chi connectivity index (χ1n) is 6.21. The molecule has 0 saturated carbocycles. The molecule has 2 rings (SSSR count). The fraction of sp³-hybridized carbons (Fsp3) is 0.312. The van der Waals surface area contributed by atoms with Crippen molar-refractivity contribution in [3.05, 3.63) is 50.2 Å². The lowest BCUT2D eigenvalue weighted by molar-refractivity contribution is 0.104. The number of hydrogen-bond donors (Lipinski definition) is 0. The van der Waals surface area contributed by atoms with E-state index in [9.17, 15) is 4.79 Å². The molecule has 1 aromatic heterocycles. The second kappa shape index (κ2) is 5.17. The van der Waals surface area contributed by atoms with Gasteiger partial charge >= 0.3 is 0 Å². The van der Waals surface area contributed by atoms with Gasteiger partial charge < -0.3 is 4.74 Å². The van der Waals surface area contributed by atoms with E-state index in [0.717, 1.165) is 27.3 Å². The van der Waals surface area contributed by atoms with Crippen LogP contribution in [0.5, 0.6) is 5.75 Å². The Balaban J connectivity index is 2.45. The summed E-state index contributed by atoms with van der Waals surface area (Å²) in [5, 5.41) is 0. The minimum absolute atomic E-state index is 0.0926. The van der Waals surface area contributed by atoms with Gasteiger partial charge in [-0.3, -0.25) is 4.79 Å². The van der Waals surface area contributed by atoms with Crippen molar-refractivity contribution in [2.24, 2.45) is 0 Å². The van der Waals surface area contributed by atoms with Crippen LogP contribution in [-0.4, -0.2) is 12.9 Å². The highest BCUT2D eigenvalue weighted by Gasteiger charge is 2.15. The minimum Gasteiger partial charge on any atom is -0.496 e. The van der Waals surface area contributed by atoms with Gasteiger partial charge in [0.05, 0.1) is 12.0 Å². The van der Waals surface area contributed by atoms with Crippen LogP contribution in [0.25, 0.3) is 0 Å². The van der Waals surface area contributed by atoms with Crippen molar-refractivity contribution in [1.82, 2.24) is 0 Å². The number of ether oxygens (including phenoxy) is 1. The summed E-state index contributed by atoms with van der Waals surface area (Å²) in [6.45, 7) is 8.01. The number of hydrogen-bond acceptors (Lipinski definition) is 3. The third-order valence-corrected chi connectivity index (χ3v) is 4.47. The van der Waals surface area contributed by atoms with Crippen LogP contribution >= 0.6 is 11.3 Å². The lowest BCUT2D eigenvalue weighted by atomic mass is 10.0. The fourth-order valence-electron chi connectivity index (χ4n) is 2.23. The molecular weight excluding hydrogens is 256 g/mol. The Bertz CT molecular complexity index is 596. The van der Waals surface area contributed by atoms with E-state index < -0.39 is 0 Å². The smallest absolute Gasteiger partial charge is 0.202 e. The first kappa shape index (κ1) is 13.8. The van der Waals surface area contributed by atoms with Gasteiger partial charge in [-0.05, 0) is 62.6 Å². The molecule has 19 heavy (non-hydrogen) atoms. The van der Waals surface area contributed by atoms with Crippen LogP contribution in [0.3, 0.4) is 0 Å². The van der Waals surface area contributed by atoms with E-state index in [-0.39, 0.29) is 5.78 Å². The molecule has 0 N–H and O–H groups in total. The molecule has 3 heteroatoms. The molecule has 2 nitrogen and oxygen atoms in total. The van der Waals surface area contributed by atoms with E-state index in [1.807, 2.05) is 45.9 Å². The van der Waals surface area contributed by atoms with Gasteiger partial charge in [-0.25, -0.2) is 0 Å². The van der Waals surface area contributed by atoms with Gasteiger partial charge in [0, 0.05) is 10.4 Å². The van der Waals surface area contributed by atoms with Crippen molar-refractivity contribution in [3.63, 3.8) is 0 Å². The maximum atomic E-state index is 12.5. The summed E-state index contributed by atoms with van der Waals surface area (Å²) in [7, 11) is 1.66. The molecule has 1 heterocycles. The van der Waals surface area contributed by atoms with E-state index in [2.05, 4.69) is 0 Å². The van der Waals surface area contributed by atoms with Crippen molar-refractivity contribution in [3.8, 4) is 5.75 Å². The number of benzene rings is 1. The van der Waals surface area contributed by atoms with Crippen LogP contribution < -0.4 is 4.74 Å². The quantitative estimate of drug-likeness (QED) is 0.783. The summed E-state index contributed by atoms with van der Waals surface area (Å²) >= 11 is 1.56. The molecule has 0 fully saturated rings. The van der Waals surface area contributed by atoms with Gasteiger partial charge in [0.15, 0.2) is 0 Å². The summed E-state index contributed by atoms with van der Waals surface area (Å²) in [6.07, 6.45) is 0. The molecule has 0 amide bonds. The Morgan fingerprint density at radius 2 is 1.58 bits per heavy atom. The SMILES string of the molecule is COc1c(C)cc(C(=O)c2cc(C)c(C)s2)cc1C. The minimum atomic E-state index is 0.0926. The van der Waals surface area contributed by atoms with Gasteiger partial charge in [-0.2, -0.15) is 0 Å². The molecular formula is C16H18O2S. The number of thiophene rings is 1. The second-order valence-corrected chi connectivity index (χ2v) is 6.08. The molecule has 0 atom stereocenters. The molecule has 0 radical (unpaired) electrons. The van der Waals surface area contributed by atoms with Gasteiger partial charge in [-0.15, -0.1) is 11.3 Å². The van der Waals surface area contributed by atoms with Crippen molar-refractivity contribution in [2.75, 3.05) is 7.11 Å². The molecule has 0 aliphatic rings. The maximum Gasteiger partial charge on any atom is 0.202 e. The number of rotatable bonds is 3. The summed E-state index contributed by atoms with van der Waals surface area (Å²) < 4.78 is 5.33. The van der Waals surface area contributed by atoms with Crippen molar-refractivity contribution >= 4 is 17.1 Å². The lowest BCUT2D eigenvalue weighted by Gasteiger charge is -2.10. The van der Waals surface area contributed by atoms with Crippen LogP contribution in [0.4, 0.5) is 0 Å². The molecule has 2 aromatic rings. The highest BCUT2D eigenvalue weighted by atomic mass is 32.1. The van der Waals surface area contributed by atoms with Gasteiger partial charge in [0.25, 0.3) is 0 Å². The zero-order valence-electron chi connectivity index (χ0n) is 12.0. The van der Waals surface area contributed by atoms with Gasteiger partial charge in [-0.1, -0.05) is 0 Å². The molecule has 100 valence electrons. The van der Waals surface area contributed by atoms with Crippen LogP contribution in [0, 0.1) is 27.7 Å². The zero-order chi connectivity index (χ0) is 14.2. The van der Waals surface area contributed by atoms with E-state index in [1.165, 1.54) is 10.4 Å². The van der Waals surface area contributed by atoms with Gasteiger partial charge in [0.2, 0.25) is 5.78 Å². The van der Waals surface area contributed by atoms with Crippen molar-refractivity contribution in [2.45, 2.75) is 27.7 Å². The van der Waals surface area contributed by atoms with E-state index in [0.29, 0.717) is 0 Å². The predicted molar refractivity (Wildman–Crippen MR) is 79.7 cm³/mol. The average Bonchev–Trinajstić information content (AvgIpc) is 2.68. The predicted octanol–water partition coefficient (Wildman–Crippen LogP) is 4.22. The second-order valence-electron chi connectivity index (χ2n) is 4.82. The van der Waals surface area contributed by atoms with Crippen molar-refractivity contribution in [1.29, 1.82) is 0 Å². The summed E-state index contributed by atoms with van der Waals surface area (Å²) in [5.41, 5.74) is 3.90. The Kier molecular flexibility index (Phi) is 3.76. The first-order chi connectivity index (χ1) is 8.93. The molecule has 1 aromatic carbocycles. The monoisotopic (exact) mass is 274 g/mol. The largest absolute Gasteiger partial charge is 0.496 e. The van der Waals surface area contributed by atoms with E-state index in [4.69, 9.17) is 4.74 Å².